The number of aromatic nitrogens is 2. The van der Waals surface area contributed by atoms with Gasteiger partial charge >= 0.3 is 5.97 Å². The highest BCUT2D eigenvalue weighted by atomic mass is 28.4. The summed E-state index contributed by atoms with van der Waals surface area (Å²) < 4.78 is 36.7. The maximum Gasteiger partial charge on any atom is 0.347 e. The molecule has 0 spiro atoms. The van der Waals surface area contributed by atoms with Gasteiger partial charge in [-0.3, -0.25) is 0 Å². The molecule has 0 aliphatic heterocycles. The van der Waals surface area contributed by atoms with Crippen molar-refractivity contribution in [1.82, 2.24) is 10.2 Å². The molecule has 0 fully saturated rings. The van der Waals surface area contributed by atoms with Crippen LogP contribution in [-0.2, 0) is 4.12 Å². The third-order valence-corrected chi connectivity index (χ3v) is 16.8. The second kappa shape index (κ2) is 27.2. The van der Waals surface area contributed by atoms with Gasteiger partial charge in [0, 0.05) is 17.2 Å². The number of carbonyl (C=O) groups is 1. The molecular formula is C50H76N2O7Si2. The Bertz CT molecular complexity index is 1810. The molecule has 4 aromatic rings. The number of unbranched alkanes of at least 4 members (excludes halogenated alkanes) is 15. The van der Waals surface area contributed by atoms with Crippen molar-refractivity contribution in [2.75, 3.05) is 19.8 Å². The highest BCUT2D eigenvalue weighted by Crippen LogP contribution is 2.30. The standard InChI is InChI=1S/C50H76N2O7Si2/c1-8-10-12-14-16-17-18-20-22-36-54-43-30-26-41(27-31-43)48-51-52-49(58-48)42-28-32-44(33-29-42)57-50(53)46-35-34-45(55-37-23-19-15-13-11-9-2)40-47(46)56-38-24-21-25-39-61(6,7)59-60(3,4)5/h26-35,40H,8-25,36-39H2,1-7H3. The Hall–Kier alpha value is -3.94. The second-order valence-corrected chi connectivity index (χ2v) is 27.0. The average Bonchev–Trinajstić information content (AvgIpc) is 3.73. The molecule has 0 amide bonds. The van der Waals surface area contributed by atoms with Crippen LogP contribution in [0.15, 0.2) is 71.1 Å². The summed E-state index contributed by atoms with van der Waals surface area (Å²) in [4.78, 5) is 13.6. The van der Waals surface area contributed by atoms with Gasteiger partial charge in [0.2, 0.25) is 11.8 Å². The van der Waals surface area contributed by atoms with Crippen molar-refractivity contribution in [1.29, 1.82) is 0 Å². The van der Waals surface area contributed by atoms with Crippen molar-refractivity contribution in [3.8, 4) is 45.9 Å². The van der Waals surface area contributed by atoms with E-state index in [1.165, 1.54) is 77.0 Å². The maximum absolute atomic E-state index is 13.6. The zero-order valence-electron chi connectivity index (χ0n) is 38.7. The van der Waals surface area contributed by atoms with Crippen molar-refractivity contribution in [3.05, 3.63) is 72.3 Å². The topological polar surface area (TPSA) is 102 Å². The number of carbonyl (C=O) groups excluding carboxylic acids is 1. The smallest absolute Gasteiger partial charge is 0.347 e. The number of hydrogen-bond donors (Lipinski definition) is 0. The van der Waals surface area contributed by atoms with Crippen LogP contribution in [0.1, 0.15) is 140 Å². The number of benzene rings is 3. The summed E-state index contributed by atoms with van der Waals surface area (Å²) in [5, 5.41) is 8.56. The van der Waals surface area contributed by atoms with Gasteiger partial charge < -0.3 is 27.5 Å². The number of esters is 1. The van der Waals surface area contributed by atoms with Crippen molar-refractivity contribution < 1.29 is 32.3 Å². The lowest BCUT2D eigenvalue weighted by atomic mass is 10.1. The van der Waals surface area contributed by atoms with Crippen LogP contribution in [0.25, 0.3) is 22.9 Å². The summed E-state index contributed by atoms with van der Waals surface area (Å²) in [6.07, 6.45) is 21.8. The number of nitrogens with zero attached hydrogens (tertiary/aromatic N) is 2. The molecule has 11 heteroatoms. The zero-order valence-corrected chi connectivity index (χ0v) is 40.7. The SMILES string of the molecule is CCCCCCCCCCCOc1ccc(-c2nnc(-c3ccc(OC(=O)c4ccc(OCCCCCCCC)cc4OCCCCC[Si](C)(C)O[Si](C)(C)C)cc3)o2)cc1. The number of hydrogen-bond acceptors (Lipinski definition) is 9. The van der Waals surface area contributed by atoms with E-state index in [4.69, 9.17) is 27.5 Å². The Morgan fingerprint density at radius 1 is 0.525 bits per heavy atom. The van der Waals surface area contributed by atoms with Crippen LogP contribution in [0, 0.1) is 0 Å². The molecule has 0 aliphatic carbocycles. The van der Waals surface area contributed by atoms with Crippen LogP contribution in [-0.4, -0.2) is 52.6 Å². The predicted octanol–water partition coefficient (Wildman–Crippen LogP) is 14.9. The van der Waals surface area contributed by atoms with E-state index >= 15 is 0 Å². The molecule has 1 heterocycles. The summed E-state index contributed by atoms with van der Waals surface area (Å²) in [5.74, 6) is 2.68. The van der Waals surface area contributed by atoms with Crippen LogP contribution < -0.4 is 18.9 Å². The normalized spacial score (nSPS) is 11.8. The minimum absolute atomic E-state index is 0.356. The second-order valence-electron chi connectivity index (χ2n) is 17.9. The molecular weight excluding hydrogens is 797 g/mol. The Kier molecular flexibility index (Phi) is 22.2. The number of rotatable bonds is 32. The van der Waals surface area contributed by atoms with Gasteiger partial charge in [0.15, 0.2) is 16.6 Å². The summed E-state index contributed by atoms with van der Waals surface area (Å²) in [6.45, 7) is 17.8. The zero-order chi connectivity index (χ0) is 43.8. The van der Waals surface area contributed by atoms with Crippen molar-refractivity contribution in [2.45, 2.75) is 168 Å². The highest BCUT2D eigenvalue weighted by molar-refractivity contribution is 6.84. The minimum atomic E-state index is -1.68. The summed E-state index contributed by atoms with van der Waals surface area (Å²) in [7, 11) is -3.23. The van der Waals surface area contributed by atoms with E-state index < -0.39 is 22.6 Å². The Labute approximate surface area is 369 Å². The molecule has 4 rings (SSSR count). The first-order valence-corrected chi connectivity index (χ1v) is 30.0. The van der Waals surface area contributed by atoms with Gasteiger partial charge in [-0.1, -0.05) is 110 Å². The average molecular weight is 873 g/mol. The third-order valence-electron chi connectivity index (χ3n) is 10.6. The largest absolute Gasteiger partial charge is 0.494 e. The molecule has 0 unspecified atom stereocenters. The number of ether oxygens (including phenoxy) is 4. The van der Waals surface area contributed by atoms with Crippen molar-refractivity contribution in [2.24, 2.45) is 0 Å². The summed E-state index contributed by atoms with van der Waals surface area (Å²) in [6, 6.07) is 21.3. The molecule has 0 saturated heterocycles. The Balaban J connectivity index is 1.28. The first kappa shape index (κ1) is 49.7. The summed E-state index contributed by atoms with van der Waals surface area (Å²) in [5.41, 5.74) is 1.89. The molecule has 1 aromatic heterocycles. The molecule has 0 aliphatic rings. The van der Waals surface area contributed by atoms with Gasteiger partial charge in [-0.15, -0.1) is 10.2 Å². The van der Waals surface area contributed by atoms with Crippen molar-refractivity contribution >= 4 is 22.6 Å². The first-order chi connectivity index (χ1) is 29.5. The summed E-state index contributed by atoms with van der Waals surface area (Å²) >= 11 is 0. The molecule has 61 heavy (non-hydrogen) atoms. The van der Waals surface area contributed by atoms with E-state index in [-0.39, 0.29) is 0 Å². The lowest BCUT2D eigenvalue weighted by molar-refractivity contribution is 0.0730. The lowest BCUT2D eigenvalue weighted by Crippen LogP contribution is -2.42. The quantitative estimate of drug-likeness (QED) is 0.0205. The molecule has 3 aromatic carbocycles. The molecule has 9 nitrogen and oxygen atoms in total. The van der Waals surface area contributed by atoms with Crippen LogP contribution in [0.2, 0.25) is 38.8 Å². The predicted molar refractivity (Wildman–Crippen MR) is 254 cm³/mol. The van der Waals surface area contributed by atoms with Crippen LogP contribution in [0.3, 0.4) is 0 Å². The molecule has 0 radical (unpaired) electrons. The van der Waals surface area contributed by atoms with Gasteiger partial charge in [-0.05, 0) is 119 Å². The van der Waals surface area contributed by atoms with Crippen LogP contribution >= 0.6 is 0 Å². The van der Waals surface area contributed by atoms with Crippen LogP contribution in [0.4, 0.5) is 0 Å². The molecule has 0 bridgehead atoms. The third kappa shape index (κ3) is 19.8. The van der Waals surface area contributed by atoms with Crippen LogP contribution in [0.5, 0.6) is 23.0 Å². The maximum atomic E-state index is 13.6. The van der Waals surface area contributed by atoms with E-state index in [1.807, 2.05) is 36.4 Å². The van der Waals surface area contributed by atoms with Gasteiger partial charge in [0.25, 0.3) is 0 Å². The fraction of sp³-hybridized carbons (Fsp3) is 0.580. The van der Waals surface area contributed by atoms with E-state index in [2.05, 4.69) is 56.8 Å². The van der Waals surface area contributed by atoms with E-state index in [0.29, 0.717) is 53.4 Å². The first-order valence-electron chi connectivity index (χ1n) is 23.5. The fourth-order valence-electron chi connectivity index (χ4n) is 7.43. The fourth-order valence-corrected chi connectivity index (χ4v) is 15.6. The Morgan fingerprint density at radius 2 is 0.967 bits per heavy atom. The van der Waals surface area contributed by atoms with Gasteiger partial charge in [-0.2, -0.15) is 0 Å². The van der Waals surface area contributed by atoms with E-state index in [9.17, 15) is 4.79 Å². The molecule has 336 valence electrons. The van der Waals surface area contributed by atoms with E-state index in [0.717, 1.165) is 62.5 Å². The highest BCUT2D eigenvalue weighted by Gasteiger charge is 2.29. The molecule has 0 N–H and O–H groups in total. The van der Waals surface area contributed by atoms with Gasteiger partial charge in [0.1, 0.15) is 28.6 Å². The van der Waals surface area contributed by atoms with Gasteiger partial charge in [0.05, 0.1) is 19.8 Å². The monoisotopic (exact) mass is 873 g/mol. The Morgan fingerprint density at radius 3 is 1.49 bits per heavy atom. The molecule has 0 saturated carbocycles. The van der Waals surface area contributed by atoms with Gasteiger partial charge in [-0.25, -0.2) is 4.79 Å². The minimum Gasteiger partial charge on any atom is -0.494 e. The lowest BCUT2D eigenvalue weighted by Gasteiger charge is -2.31. The van der Waals surface area contributed by atoms with E-state index in [1.54, 1.807) is 30.3 Å². The molecule has 0 atom stereocenters. The van der Waals surface area contributed by atoms with Crippen molar-refractivity contribution in [3.63, 3.8) is 0 Å².